The maximum Gasteiger partial charge on any atom is 0.254 e. The van der Waals surface area contributed by atoms with Crippen molar-refractivity contribution in [2.45, 2.75) is 20.8 Å². The van der Waals surface area contributed by atoms with Crippen LogP contribution in [0.1, 0.15) is 30.0 Å². The Morgan fingerprint density at radius 3 is 2.52 bits per heavy atom. The molecule has 0 saturated carbocycles. The van der Waals surface area contributed by atoms with E-state index in [9.17, 15) is 9.59 Å². The molecule has 1 N–H and O–H groups in total. The quantitative estimate of drug-likeness (QED) is 0.731. The number of nitrogens with one attached hydrogen (secondary N) is 1. The molecule has 2 aromatic carbocycles. The molecule has 0 spiro atoms. The summed E-state index contributed by atoms with van der Waals surface area (Å²) in [6.45, 7) is 6.73. The highest BCUT2D eigenvalue weighted by atomic mass is 16.2. The topological polar surface area (TPSA) is 67.2 Å². The van der Waals surface area contributed by atoms with Crippen LogP contribution in [-0.2, 0) is 4.79 Å². The third kappa shape index (κ3) is 3.84. The number of carbonyl (C=O) groups is 2. The van der Waals surface area contributed by atoms with Gasteiger partial charge < -0.3 is 10.2 Å². The predicted molar refractivity (Wildman–Crippen MR) is 106 cm³/mol. The summed E-state index contributed by atoms with van der Waals surface area (Å²) in [5.41, 5.74) is 3.27. The maximum absolute atomic E-state index is 12.8. The van der Waals surface area contributed by atoms with Crippen LogP contribution >= 0.6 is 0 Å². The van der Waals surface area contributed by atoms with Crippen molar-refractivity contribution < 1.29 is 9.59 Å². The number of para-hydroxylation sites is 1. The van der Waals surface area contributed by atoms with Crippen LogP contribution in [0.15, 0.2) is 48.5 Å². The van der Waals surface area contributed by atoms with Gasteiger partial charge in [0.1, 0.15) is 5.82 Å². The van der Waals surface area contributed by atoms with Crippen molar-refractivity contribution in [1.29, 1.82) is 0 Å². The number of aromatic nitrogens is 2. The number of hydrogen-bond acceptors (Lipinski definition) is 3. The fourth-order valence-electron chi connectivity index (χ4n) is 3.17. The van der Waals surface area contributed by atoms with E-state index < -0.39 is 0 Å². The molecule has 0 bridgehead atoms. The monoisotopic (exact) mass is 364 g/mol. The van der Waals surface area contributed by atoms with E-state index >= 15 is 0 Å². The summed E-state index contributed by atoms with van der Waals surface area (Å²) < 4.78 is 2.07. The van der Waals surface area contributed by atoms with Crippen molar-refractivity contribution in [2.75, 3.05) is 19.6 Å². The van der Waals surface area contributed by atoms with Gasteiger partial charge in [0.05, 0.1) is 17.6 Å². The molecule has 0 unspecified atom stereocenters. The molecule has 3 aromatic rings. The molecule has 0 aliphatic rings. The van der Waals surface area contributed by atoms with Gasteiger partial charge in [0.25, 0.3) is 5.91 Å². The van der Waals surface area contributed by atoms with Gasteiger partial charge in [0.15, 0.2) is 0 Å². The maximum atomic E-state index is 12.8. The lowest BCUT2D eigenvalue weighted by atomic mass is 10.1. The van der Waals surface area contributed by atoms with Crippen LogP contribution in [0, 0.1) is 6.92 Å². The number of likely N-dealkylation sites (N-methyl/N-ethyl adjacent to an activating group) is 2. The number of rotatable bonds is 6. The Hall–Kier alpha value is -3.15. The van der Waals surface area contributed by atoms with Gasteiger partial charge in [-0.15, -0.1) is 0 Å². The molecule has 0 aliphatic carbocycles. The molecular weight excluding hydrogens is 340 g/mol. The van der Waals surface area contributed by atoms with Gasteiger partial charge >= 0.3 is 0 Å². The van der Waals surface area contributed by atoms with Crippen molar-refractivity contribution >= 4 is 22.8 Å². The minimum atomic E-state index is -0.169. The van der Waals surface area contributed by atoms with Gasteiger partial charge in [-0.05, 0) is 51.1 Å². The molecule has 2 amide bonds. The lowest BCUT2D eigenvalue weighted by Gasteiger charge is -2.20. The summed E-state index contributed by atoms with van der Waals surface area (Å²) in [7, 11) is 0. The average molecular weight is 364 g/mol. The second-order valence-electron chi connectivity index (χ2n) is 6.31. The van der Waals surface area contributed by atoms with Crippen LogP contribution in [0.4, 0.5) is 0 Å². The largest absolute Gasteiger partial charge is 0.355 e. The highest BCUT2D eigenvalue weighted by Gasteiger charge is 2.19. The zero-order chi connectivity index (χ0) is 19.4. The zero-order valence-electron chi connectivity index (χ0n) is 15.9. The van der Waals surface area contributed by atoms with E-state index in [1.807, 2.05) is 57.2 Å². The van der Waals surface area contributed by atoms with Gasteiger partial charge in [-0.3, -0.25) is 14.2 Å². The first-order valence-electron chi connectivity index (χ1n) is 9.15. The second kappa shape index (κ2) is 8.03. The molecular formula is C21H24N4O2. The first-order chi connectivity index (χ1) is 13.0. The number of imidazole rings is 1. The zero-order valence-corrected chi connectivity index (χ0v) is 15.9. The average Bonchev–Trinajstić information content (AvgIpc) is 3.01. The molecule has 6 nitrogen and oxygen atoms in total. The normalized spacial score (nSPS) is 10.8. The first-order valence-corrected chi connectivity index (χ1v) is 9.15. The van der Waals surface area contributed by atoms with E-state index in [4.69, 9.17) is 0 Å². The molecule has 1 aromatic heterocycles. The second-order valence-corrected chi connectivity index (χ2v) is 6.31. The van der Waals surface area contributed by atoms with Crippen molar-refractivity contribution in [3.8, 4) is 5.69 Å². The Bertz CT molecular complexity index is 963. The predicted octanol–water partition coefficient (Wildman–Crippen LogP) is 2.93. The number of amides is 2. The summed E-state index contributed by atoms with van der Waals surface area (Å²) in [6.07, 6.45) is 0. The fourth-order valence-corrected chi connectivity index (χ4v) is 3.17. The molecule has 140 valence electrons. The van der Waals surface area contributed by atoms with Gasteiger partial charge in [0.2, 0.25) is 5.91 Å². The lowest BCUT2D eigenvalue weighted by molar-refractivity contribution is -0.121. The molecule has 0 fully saturated rings. The summed E-state index contributed by atoms with van der Waals surface area (Å²) in [6, 6.07) is 15.5. The Kier molecular flexibility index (Phi) is 5.54. The Balaban J connectivity index is 1.93. The third-order valence-corrected chi connectivity index (χ3v) is 4.46. The van der Waals surface area contributed by atoms with E-state index in [0.29, 0.717) is 18.7 Å². The third-order valence-electron chi connectivity index (χ3n) is 4.46. The van der Waals surface area contributed by atoms with Crippen LogP contribution in [-0.4, -0.2) is 45.9 Å². The Morgan fingerprint density at radius 2 is 1.85 bits per heavy atom. The van der Waals surface area contributed by atoms with Crippen molar-refractivity contribution in [1.82, 2.24) is 19.8 Å². The van der Waals surface area contributed by atoms with Gasteiger partial charge in [-0.25, -0.2) is 4.98 Å². The highest BCUT2D eigenvalue weighted by Crippen LogP contribution is 2.22. The number of carbonyl (C=O) groups excluding carboxylic acids is 2. The van der Waals surface area contributed by atoms with Crippen molar-refractivity contribution in [3.63, 3.8) is 0 Å². The van der Waals surface area contributed by atoms with Crippen LogP contribution < -0.4 is 5.32 Å². The molecule has 3 rings (SSSR count). The SMILES string of the molecule is CCNC(=O)CN(CC)C(=O)c1ccc2c(c1)nc(C)n2-c1ccccc1. The Labute approximate surface area is 158 Å². The van der Waals surface area contributed by atoms with E-state index in [2.05, 4.69) is 14.9 Å². The summed E-state index contributed by atoms with van der Waals surface area (Å²) >= 11 is 0. The molecule has 6 heteroatoms. The van der Waals surface area contributed by atoms with E-state index in [0.717, 1.165) is 22.5 Å². The molecule has 1 heterocycles. The number of fused-ring (bicyclic) bond motifs is 1. The van der Waals surface area contributed by atoms with Crippen LogP contribution in [0.3, 0.4) is 0 Å². The van der Waals surface area contributed by atoms with E-state index in [1.165, 1.54) is 4.90 Å². The molecule has 0 atom stereocenters. The van der Waals surface area contributed by atoms with Gasteiger partial charge in [0, 0.05) is 24.3 Å². The minimum Gasteiger partial charge on any atom is -0.355 e. The summed E-state index contributed by atoms with van der Waals surface area (Å²) in [5.74, 6) is 0.533. The van der Waals surface area contributed by atoms with Gasteiger partial charge in [-0.1, -0.05) is 18.2 Å². The fraction of sp³-hybridized carbons (Fsp3) is 0.286. The van der Waals surface area contributed by atoms with Crippen molar-refractivity contribution in [3.05, 3.63) is 59.9 Å². The smallest absolute Gasteiger partial charge is 0.254 e. The first kappa shape index (κ1) is 18.6. The van der Waals surface area contributed by atoms with Crippen LogP contribution in [0.2, 0.25) is 0 Å². The van der Waals surface area contributed by atoms with Crippen LogP contribution in [0.5, 0.6) is 0 Å². The summed E-state index contributed by atoms with van der Waals surface area (Å²) in [4.78, 5) is 30.8. The molecule has 0 radical (unpaired) electrons. The molecule has 27 heavy (non-hydrogen) atoms. The number of nitrogens with zero attached hydrogens (tertiary/aromatic N) is 3. The molecule has 0 saturated heterocycles. The Morgan fingerprint density at radius 1 is 1.11 bits per heavy atom. The van der Waals surface area contributed by atoms with Gasteiger partial charge in [-0.2, -0.15) is 0 Å². The lowest BCUT2D eigenvalue weighted by Crippen LogP contribution is -2.40. The van der Waals surface area contributed by atoms with E-state index in [1.54, 1.807) is 12.1 Å². The highest BCUT2D eigenvalue weighted by molar-refractivity contribution is 5.99. The summed E-state index contributed by atoms with van der Waals surface area (Å²) in [5, 5.41) is 2.73. The number of benzene rings is 2. The van der Waals surface area contributed by atoms with Crippen molar-refractivity contribution in [2.24, 2.45) is 0 Å². The minimum absolute atomic E-state index is 0.0543. The number of aryl methyl sites for hydroxylation is 1. The number of hydrogen-bond donors (Lipinski definition) is 1. The molecule has 0 aliphatic heterocycles. The standard InChI is InChI=1S/C21H24N4O2/c1-4-22-20(26)14-24(5-2)21(27)16-11-12-19-18(13-16)23-15(3)25(19)17-9-7-6-8-10-17/h6-13H,4-5,14H2,1-3H3,(H,22,26). The van der Waals surface area contributed by atoms with E-state index in [-0.39, 0.29) is 18.4 Å². The van der Waals surface area contributed by atoms with Crippen LogP contribution in [0.25, 0.3) is 16.7 Å².